The molecule has 0 aromatic carbocycles. The minimum Gasteiger partial charge on any atom is -0.496 e. The molecule has 1 N–H and O–H groups in total. The summed E-state index contributed by atoms with van der Waals surface area (Å²) in [6.07, 6.45) is 6.87. The highest BCUT2D eigenvalue weighted by Crippen LogP contribution is 2.50. The average molecular weight is 437 g/mol. The van der Waals surface area contributed by atoms with Crippen molar-refractivity contribution in [3.8, 4) is 0 Å². The normalized spacial score (nSPS) is 21.2. The highest BCUT2D eigenvalue weighted by atomic mass is 16.5. The summed E-state index contributed by atoms with van der Waals surface area (Å²) in [5.74, 6) is 0.659. The Morgan fingerprint density at radius 3 is 1.97 bits per heavy atom. The van der Waals surface area contributed by atoms with Crippen LogP contribution in [0, 0.1) is 22.7 Å². The van der Waals surface area contributed by atoms with E-state index in [0.29, 0.717) is 18.4 Å². The molecule has 2 unspecified atom stereocenters. The second-order valence-corrected chi connectivity index (χ2v) is 8.53. The van der Waals surface area contributed by atoms with Crippen LogP contribution in [0.25, 0.3) is 0 Å². The second-order valence-electron chi connectivity index (χ2n) is 8.53. The summed E-state index contributed by atoms with van der Waals surface area (Å²) in [6.45, 7) is 13.0. The largest absolute Gasteiger partial charge is 0.496 e. The summed E-state index contributed by atoms with van der Waals surface area (Å²) < 4.78 is 9.83. The van der Waals surface area contributed by atoms with E-state index in [1.54, 1.807) is 13.4 Å². The lowest BCUT2D eigenvalue weighted by molar-refractivity contribution is -0.191. The molecule has 0 aliphatic heterocycles. The van der Waals surface area contributed by atoms with Gasteiger partial charge in [0.1, 0.15) is 6.26 Å². The van der Waals surface area contributed by atoms with Gasteiger partial charge in [0, 0.05) is 19.4 Å². The summed E-state index contributed by atoms with van der Waals surface area (Å²) >= 11 is 0. The smallest absolute Gasteiger partial charge is 0.373 e. The van der Waals surface area contributed by atoms with Crippen LogP contribution in [0.2, 0.25) is 0 Å². The molecule has 0 radical (unpaired) electrons. The number of esters is 1. The van der Waals surface area contributed by atoms with Crippen molar-refractivity contribution in [2.75, 3.05) is 20.3 Å². The van der Waals surface area contributed by atoms with Crippen LogP contribution < -0.4 is 0 Å². The predicted molar refractivity (Wildman–Crippen MR) is 120 cm³/mol. The SMILES string of the molecule is C.CCC=C=C1CC(COC(C)=O)C1(C)C.COC=C=C1CC(CO)C1(C)C.O=C=O. The van der Waals surface area contributed by atoms with Gasteiger partial charge in [-0.1, -0.05) is 47.8 Å². The van der Waals surface area contributed by atoms with Crippen LogP contribution in [-0.2, 0) is 23.9 Å². The van der Waals surface area contributed by atoms with Crippen LogP contribution >= 0.6 is 0 Å². The number of methoxy groups -OCH3 is 1. The van der Waals surface area contributed by atoms with Crippen molar-refractivity contribution in [3.05, 3.63) is 34.9 Å². The van der Waals surface area contributed by atoms with Gasteiger partial charge in [0.2, 0.25) is 0 Å². The molecule has 2 saturated carbocycles. The Hall–Kier alpha value is -2.35. The lowest BCUT2D eigenvalue weighted by atomic mass is 9.59. The first-order chi connectivity index (χ1) is 14.0. The Kier molecular flexibility index (Phi) is 14.5. The zero-order chi connectivity index (χ0) is 23.4. The molecule has 0 amide bonds. The van der Waals surface area contributed by atoms with Gasteiger partial charge in [-0.05, 0) is 53.2 Å². The molecule has 0 heterocycles. The maximum Gasteiger partial charge on any atom is 0.373 e. The van der Waals surface area contributed by atoms with Gasteiger partial charge in [-0.3, -0.25) is 4.79 Å². The molecule has 6 nitrogen and oxygen atoms in total. The molecule has 2 aliphatic rings. The molecular weight excluding hydrogens is 396 g/mol. The molecule has 2 aliphatic carbocycles. The van der Waals surface area contributed by atoms with Crippen LogP contribution in [-0.4, -0.2) is 37.6 Å². The van der Waals surface area contributed by atoms with Gasteiger partial charge in [-0.25, -0.2) is 0 Å². The molecule has 6 heteroatoms. The average Bonchev–Trinajstić information content (AvgIpc) is 2.67. The Morgan fingerprint density at radius 2 is 1.58 bits per heavy atom. The topological polar surface area (TPSA) is 89.9 Å². The monoisotopic (exact) mass is 436 g/mol. The first-order valence-corrected chi connectivity index (χ1v) is 10.2. The van der Waals surface area contributed by atoms with Crippen molar-refractivity contribution in [2.24, 2.45) is 22.7 Å². The van der Waals surface area contributed by atoms with Crippen LogP contribution in [0.15, 0.2) is 34.9 Å². The molecule has 0 aromatic heterocycles. The fraction of sp³-hybridized carbons (Fsp3) is 0.680. The molecule has 0 aromatic rings. The third-order valence-corrected chi connectivity index (χ3v) is 6.04. The fourth-order valence-electron chi connectivity index (χ4n) is 3.38. The van der Waals surface area contributed by atoms with Gasteiger partial charge in [0.15, 0.2) is 0 Å². The van der Waals surface area contributed by atoms with Gasteiger partial charge < -0.3 is 14.6 Å². The van der Waals surface area contributed by atoms with E-state index in [1.807, 2.05) is 0 Å². The van der Waals surface area contributed by atoms with Crippen LogP contribution in [0.5, 0.6) is 0 Å². The number of aliphatic hydroxyl groups is 1. The van der Waals surface area contributed by atoms with Crippen molar-refractivity contribution in [1.82, 2.24) is 0 Å². The summed E-state index contributed by atoms with van der Waals surface area (Å²) in [7, 11) is 1.61. The van der Waals surface area contributed by atoms with Gasteiger partial charge >= 0.3 is 12.1 Å². The van der Waals surface area contributed by atoms with Gasteiger partial charge in [-0.15, -0.1) is 5.73 Å². The zero-order valence-electron chi connectivity index (χ0n) is 19.3. The zero-order valence-corrected chi connectivity index (χ0v) is 19.3. The Balaban J connectivity index is 0. The third-order valence-electron chi connectivity index (χ3n) is 6.04. The number of ether oxygens (including phenoxy) is 2. The fourth-order valence-corrected chi connectivity index (χ4v) is 3.38. The number of carbonyl (C=O) groups is 1. The molecule has 31 heavy (non-hydrogen) atoms. The van der Waals surface area contributed by atoms with E-state index in [4.69, 9.17) is 24.2 Å². The number of rotatable bonds is 5. The first-order valence-electron chi connectivity index (χ1n) is 10.2. The standard InChI is InChI=1S/C13H20O2.C10H16O2.CO2.CH4/c1-5-6-7-11-8-12(13(11,3)4)9-15-10(2)14;1-10(2)8(4-5-12-3)6-9(10)7-11;2-1-3;/h6,12H,5,8-9H2,1-4H3;5,9,11H,6-7H2,1-3H3;;1H4. The number of carbonyl (C=O) groups excluding carboxylic acids is 3. The summed E-state index contributed by atoms with van der Waals surface area (Å²) in [4.78, 5) is 27.0. The number of aliphatic hydroxyl groups excluding tert-OH is 1. The number of allylic oxidation sites excluding steroid dienone is 2. The molecule has 0 saturated heterocycles. The summed E-state index contributed by atoms with van der Waals surface area (Å²) in [5, 5.41) is 8.98. The number of hydrogen-bond acceptors (Lipinski definition) is 6. The summed E-state index contributed by atoms with van der Waals surface area (Å²) in [5.41, 5.74) is 9.24. The van der Waals surface area contributed by atoms with E-state index < -0.39 is 0 Å². The van der Waals surface area contributed by atoms with E-state index in [2.05, 4.69) is 52.2 Å². The van der Waals surface area contributed by atoms with E-state index in [0.717, 1.165) is 19.3 Å². The van der Waals surface area contributed by atoms with E-state index in [1.165, 1.54) is 18.1 Å². The quantitative estimate of drug-likeness (QED) is 0.376. The minimum atomic E-state index is -0.188. The molecule has 2 atom stereocenters. The van der Waals surface area contributed by atoms with E-state index >= 15 is 0 Å². The van der Waals surface area contributed by atoms with E-state index in [9.17, 15) is 4.79 Å². The number of hydrogen-bond donors (Lipinski definition) is 1. The first kappa shape index (κ1) is 30.8. The van der Waals surface area contributed by atoms with Crippen LogP contribution in [0.3, 0.4) is 0 Å². The highest BCUT2D eigenvalue weighted by Gasteiger charge is 2.44. The van der Waals surface area contributed by atoms with Gasteiger partial charge in [-0.2, -0.15) is 9.59 Å². The third kappa shape index (κ3) is 9.12. The molecule has 176 valence electrons. The second kappa shape index (κ2) is 14.6. The maximum atomic E-state index is 10.7. The van der Waals surface area contributed by atoms with E-state index in [-0.39, 0.29) is 37.0 Å². The van der Waals surface area contributed by atoms with Crippen molar-refractivity contribution in [1.29, 1.82) is 0 Å². The highest BCUT2D eigenvalue weighted by molar-refractivity contribution is 5.65. The van der Waals surface area contributed by atoms with Crippen molar-refractivity contribution in [2.45, 2.75) is 68.2 Å². The van der Waals surface area contributed by atoms with Crippen molar-refractivity contribution < 1.29 is 29.0 Å². The molecular formula is C25H40O6. The molecule has 0 bridgehead atoms. The van der Waals surface area contributed by atoms with Crippen molar-refractivity contribution in [3.63, 3.8) is 0 Å². The van der Waals surface area contributed by atoms with Crippen molar-refractivity contribution >= 4 is 12.1 Å². The molecule has 2 rings (SSSR count). The van der Waals surface area contributed by atoms with Gasteiger partial charge in [0.05, 0.1) is 13.7 Å². The Labute approximate surface area is 187 Å². The Bertz CT molecular complexity index is 725. The van der Waals surface area contributed by atoms with Crippen LogP contribution in [0.4, 0.5) is 0 Å². The molecule has 0 spiro atoms. The minimum absolute atomic E-state index is 0. The molecule has 2 fully saturated rings. The predicted octanol–water partition coefficient (Wildman–Crippen LogP) is 4.85. The van der Waals surface area contributed by atoms with Gasteiger partial charge in [0.25, 0.3) is 0 Å². The Morgan fingerprint density at radius 1 is 1.10 bits per heavy atom. The lowest BCUT2D eigenvalue weighted by Gasteiger charge is -2.45. The summed E-state index contributed by atoms with van der Waals surface area (Å²) in [6, 6.07) is 0. The lowest BCUT2D eigenvalue weighted by Crippen LogP contribution is -2.40. The van der Waals surface area contributed by atoms with Crippen LogP contribution in [0.1, 0.15) is 68.2 Å². The maximum absolute atomic E-state index is 10.7.